The highest BCUT2D eigenvalue weighted by molar-refractivity contribution is 7.15. The summed E-state index contributed by atoms with van der Waals surface area (Å²) in [6, 6.07) is 0. The monoisotopic (exact) mass is 252 g/mol. The lowest BCUT2D eigenvalue weighted by Gasteiger charge is -2.30. The Bertz CT molecular complexity index is 446. The maximum absolute atomic E-state index is 12.1. The van der Waals surface area contributed by atoms with Crippen molar-refractivity contribution >= 4 is 22.4 Å². The molecule has 0 bridgehead atoms. The number of likely N-dealkylation sites (tertiary alicyclic amines) is 1. The average Bonchev–Trinajstić information content (AvgIpc) is 2.90. The van der Waals surface area contributed by atoms with E-state index in [0.717, 1.165) is 36.2 Å². The van der Waals surface area contributed by atoms with Gasteiger partial charge in [0.1, 0.15) is 5.01 Å². The molecule has 3 rings (SSSR count). The van der Waals surface area contributed by atoms with Crippen LogP contribution in [0.5, 0.6) is 0 Å². The van der Waals surface area contributed by atoms with Crippen LogP contribution in [0.25, 0.3) is 0 Å². The molecule has 5 nitrogen and oxygen atoms in total. The molecular formula is C11H16N4OS. The van der Waals surface area contributed by atoms with Crippen LogP contribution >= 0.6 is 11.3 Å². The van der Waals surface area contributed by atoms with Crippen molar-refractivity contribution < 1.29 is 4.79 Å². The fourth-order valence-electron chi connectivity index (χ4n) is 2.77. The third-order valence-corrected chi connectivity index (χ3v) is 4.66. The standard InChI is InChI=1S/C11H16N4OS/c1-7-12-13-11(17-7)15-5-8-3-4-14(2)10(16)9(8)6-15/h8-9H,3-6H2,1-2H3/t8-,9+/m1/s1. The van der Waals surface area contributed by atoms with Gasteiger partial charge in [-0.1, -0.05) is 11.3 Å². The number of piperidine rings is 1. The molecule has 1 aromatic heterocycles. The minimum Gasteiger partial charge on any atom is -0.346 e. The van der Waals surface area contributed by atoms with Gasteiger partial charge in [0.2, 0.25) is 11.0 Å². The second-order valence-electron chi connectivity index (χ2n) is 4.92. The molecule has 92 valence electrons. The highest BCUT2D eigenvalue weighted by Gasteiger charge is 2.42. The quantitative estimate of drug-likeness (QED) is 0.740. The van der Waals surface area contributed by atoms with Crippen LogP contribution in [0.1, 0.15) is 11.4 Å². The number of hydrogen-bond acceptors (Lipinski definition) is 5. The first-order chi connectivity index (χ1) is 8.15. The Morgan fingerprint density at radius 3 is 2.88 bits per heavy atom. The van der Waals surface area contributed by atoms with E-state index in [1.807, 2.05) is 18.9 Å². The zero-order valence-electron chi connectivity index (χ0n) is 10.1. The third kappa shape index (κ3) is 1.80. The Balaban J connectivity index is 1.78. The fraction of sp³-hybridized carbons (Fsp3) is 0.727. The van der Waals surface area contributed by atoms with E-state index in [2.05, 4.69) is 15.1 Å². The number of amides is 1. The number of aryl methyl sites for hydroxylation is 1. The highest BCUT2D eigenvalue weighted by Crippen LogP contribution is 2.35. The molecule has 0 aliphatic carbocycles. The zero-order valence-corrected chi connectivity index (χ0v) is 10.9. The van der Waals surface area contributed by atoms with Crippen LogP contribution in [0.3, 0.4) is 0 Å². The topological polar surface area (TPSA) is 49.3 Å². The number of nitrogens with zero attached hydrogens (tertiary/aromatic N) is 4. The van der Waals surface area contributed by atoms with E-state index in [-0.39, 0.29) is 5.92 Å². The lowest BCUT2D eigenvalue weighted by molar-refractivity contribution is -0.137. The second-order valence-corrected chi connectivity index (χ2v) is 6.08. The highest BCUT2D eigenvalue weighted by atomic mass is 32.1. The van der Waals surface area contributed by atoms with Gasteiger partial charge in [0, 0.05) is 26.7 Å². The van der Waals surface area contributed by atoms with Gasteiger partial charge in [-0.15, -0.1) is 10.2 Å². The molecule has 3 heterocycles. The lowest BCUT2D eigenvalue weighted by atomic mass is 9.88. The van der Waals surface area contributed by atoms with Gasteiger partial charge in [0.15, 0.2) is 0 Å². The van der Waals surface area contributed by atoms with Gasteiger partial charge in [-0.25, -0.2) is 0 Å². The predicted octanol–water partition coefficient (Wildman–Crippen LogP) is 0.761. The smallest absolute Gasteiger partial charge is 0.227 e. The number of rotatable bonds is 1. The van der Waals surface area contributed by atoms with Gasteiger partial charge in [-0.3, -0.25) is 4.79 Å². The van der Waals surface area contributed by atoms with E-state index in [0.29, 0.717) is 11.8 Å². The molecule has 1 aromatic rings. The van der Waals surface area contributed by atoms with E-state index < -0.39 is 0 Å². The van der Waals surface area contributed by atoms with Gasteiger partial charge in [0.25, 0.3) is 0 Å². The van der Waals surface area contributed by atoms with E-state index in [9.17, 15) is 4.79 Å². The summed E-state index contributed by atoms with van der Waals surface area (Å²) in [5.74, 6) is 0.964. The molecule has 0 aromatic carbocycles. The van der Waals surface area contributed by atoms with Crippen molar-refractivity contribution in [1.29, 1.82) is 0 Å². The Labute approximate surface area is 104 Å². The van der Waals surface area contributed by atoms with Crippen molar-refractivity contribution in [2.75, 3.05) is 31.6 Å². The van der Waals surface area contributed by atoms with Gasteiger partial charge in [-0.2, -0.15) is 0 Å². The largest absolute Gasteiger partial charge is 0.346 e. The summed E-state index contributed by atoms with van der Waals surface area (Å²) in [6.45, 7) is 4.62. The Morgan fingerprint density at radius 2 is 2.18 bits per heavy atom. The van der Waals surface area contributed by atoms with Gasteiger partial charge in [-0.05, 0) is 19.3 Å². The normalized spacial score (nSPS) is 28.7. The Kier molecular flexibility index (Phi) is 2.54. The maximum atomic E-state index is 12.1. The minimum absolute atomic E-state index is 0.165. The molecule has 2 fully saturated rings. The summed E-state index contributed by atoms with van der Waals surface area (Å²) in [5, 5.41) is 10.2. The first-order valence-electron chi connectivity index (χ1n) is 5.95. The number of fused-ring (bicyclic) bond motifs is 1. The van der Waals surface area contributed by atoms with E-state index in [1.165, 1.54) is 0 Å². The van der Waals surface area contributed by atoms with Crippen LogP contribution in [0.4, 0.5) is 5.13 Å². The van der Waals surface area contributed by atoms with Gasteiger partial charge < -0.3 is 9.80 Å². The molecule has 0 saturated carbocycles. The molecule has 0 N–H and O–H groups in total. The summed E-state index contributed by atoms with van der Waals surface area (Å²) in [5.41, 5.74) is 0. The van der Waals surface area contributed by atoms with E-state index in [4.69, 9.17) is 0 Å². The summed E-state index contributed by atoms with van der Waals surface area (Å²) < 4.78 is 0. The number of anilines is 1. The van der Waals surface area contributed by atoms with E-state index in [1.54, 1.807) is 11.3 Å². The molecule has 0 radical (unpaired) electrons. The second kappa shape index (κ2) is 3.94. The molecule has 17 heavy (non-hydrogen) atoms. The van der Waals surface area contributed by atoms with Crippen molar-refractivity contribution in [1.82, 2.24) is 15.1 Å². The molecule has 0 spiro atoms. The number of aromatic nitrogens is 2. The van der Waals surface area contributed by atoms with Crippen LogP contribution in [0.15, 0.2) is 0 Å². The van der Waals surface area contributed by atoms with Crippen LogP contribution in [-0.2, 0) is 4.79 Å². The molecule has 1 amide bonds. The molecule has 2 aliphatic heterocycles. The Hall–Kier alpha value is -1.17. The zero-order chi connectivity index (χ0) is 12.0. The van der Waals surface area contributed by atoms with E-state index >= 15 is 0 Å². The fourth-order valence-corrected chi connectivity index (χ4v) is 3.47. The first-order valence-corrected chi connectivity index (χ1v) is 6.77. The number of carbonyl (C=O) groups is 1. The summed E-state index contributed by atoms with van der Waals surface area (Å²) in [6.07, 6.45) is 1.11. The molecular weight excluding hydrogens is 236 g/mol. The van der Waals surface area contributed by atoms with Crippen LogP contribution in [0.2, 0.25) is 0 Å². The number of hydrogen-bond donors (Lipinski definition) is 0. The predicted molar refractivity (Wildman–Crippen MR) is 66.1 cm³/mol. The lowest BCUT2D eigenvalue weighted by Crippen LogP contribution is -2.42. The molecule has 2 atom stereocenters. The van der Waals surface area contributed by atoms with Crippen LogP contribution in [-0.4, -0.2) is 47.7 Å². The van der Waals surface area contributed by atoms with Crippen molar-refractivity contribution in [3.8, 4) is 0 Å². The maximum Gasteiger partial charge on any atom is 0.227 e. The molecule has 6 heteroatoms. The van der Waals surface area contributed by atoms with Crippen molar-refractivity contribution in [3.05, 3.63) is 5.01 Å². The SMILES string of the molecule is Cc1nnc(N2C[C@H]3CCN(C)C(=O)[C@H]3C2)s1. The van der Waals surface area contributed by atoms with Crippen molar-refractivity contribution in [2.45, 2.75) is 13.3 Å². The molecule has 2 aliphatic rings. The Morgan fingerprint density at radius 1 is 1.35 bits per heavy atom. The minimum atomic E-state index is 0.165. The van der Waals surface area contributed by atoms with Crippen molar-refractivity contribution in [3.63, 3.8) is 0 Å². The third-order valence-electron chi connectivity index (χ3n) is 3.76. The summed E-state index contributed by atoms with van der Waals surface area (Å²) in [7, 11) is 1.90. The summed E-state index contributed by atoms with van der Waals surface area (Å²) >= 11 is 1.61. The van der Waals surface area contributed by atoms with Crippen LogP contribution in [0, 0.1) is 18.8 Å². The van der Waals surface area contributed by atoms with Crippen LogP contribution < -0.4 is 4.90 Å². The summed E-state index contributed by atoms with van der Waals surface area (Å²) in [4.78, 5) is 16.1. The van der Waals surface area contributed by atoms with Gasteiger partial charge in [0.05, 0.1) is 5.92 Å². The number of carbonyl (C=O) groups excluding carboxylic acids is 1. The van der Waals surface area contributed by atoms with Crippen molar-refractivity contribution in [2.24, 2.45) is 11.8 Å². The molecule has 0 unspecified atom stereocenters. The molecule has 2 saturated heterocycles. The van der Waals surface area contributed by atoms with Gasteiger partial charge >= 0.3 is 0 Å². The average molecular weight is 252 g/mol. The first kappa shape index (κ1) is 11.0.